The molecule has 0 bridgehead atoms. The number of carbonyl (C=O) groups is 1. The average molecular weight is 440 g/mol. The maximum atomic E-state index is 12.1. The van der Waals surface area contributed by atoms with Gasteiger partial charge in [-0.2, -0.15) is 5.01 Å². The van der Waals surface area contributed by atoms with Crippen LogP contribution in [0.5, 0.6) is 0 Å². The van der Waals surface area contributed by atoms with Crippen molar-refractivity contribution in [3.8, 4) is 23.1 Å². The lowest BCUT2D eigenvalue weighted by Gasteiger charge is -2.15. The van der Waals surface area contributed by atoms with Crippen molar-refractivity contribution >= 4 is 17.9 Å². The molecule has 8 heteroatoms. The zero-order chi connectivity index (χ0) is 22.8. The average Bonchev–Trinajstić information content (AvgIpc) is 3.57. The Kier molecular flexibility index (Phi) is 5.32. The van der Waals surface area contributed by atoms with Gasteiger partial charge in [-0.15, -0.1) is 15.3 Å². The van der Waals surface area contributed by atoms with E-state index in [0.29, 0.717) is 23.0 Å². The first-order chi connectivity index (χ1) is 16.1. The minimum absolute atomic E-state index is 0.238. The second kappa shape index (κ2) is 8.58. The number of carbonyl (C=O) groups excluding carboxylic acids is 1. The lowest BCUT2D eigenvalue weighted by molar-refractivity contribution is -0.132. The Labute approximate surface area is 189 Å². The molecule has 1 atom stereocenters. The molecular formula is C25H20N4O4. The molecule has 4 aromatic rings. The molecule has 2 aromatic heterocycles. The topological polar surface area (TPSA) is 94.0 Å². The molecule has 0 N–H and O–H groups in total. The molecule has 0 aliphatic carbocycles. The first kappa shape index (κ1) is 20.4. The number of amides is 1. The summed E-state index contributed by atoms with van der Waals surface area (Å²) in [6.45, 7) is 3.22. The van der Waals surface area contributed by atoms with E-state index in [1.807, 2.05) is 66.7 Å². The smallest absolute Gasteiger partial charge is 0.283 e. The van der Waals surface area contributed by atoms with E-state index in [1.54, 1.807) is 19.1 Å². The quantitative estimate of drug-likeness (QED) is 0.439. The van der Waals surface area contributed by atoms with Crippen LogP contribution in [0.3, 0.4) is 0 Å². The Hall–Kier alpha value is -4.46. The second-order valence-electron chi connectivity index (χ2n) is 7.41. The molecule has 2 aromatic carbocycles. The Balaban J connectivity index is 1.40. The van der Waals surface area contributed by atoms with Crippen LogP contribution in [0.4, 0.5) is 0 Å². The van der Waals surface area contributed by atoms with Gasteiger partial charge in [0.25, 0.3) is 5.89 Å². The molecule has 33 heavy (non-hydrogen) atoms. The number of hydrogen-bond donors (Lipinski definition) is 0. The SMILES string of the molecule is CC(=O)N1N=C(c2cc(-c3nnc(-c4ccccc4)o3)oc2C)OC1/C=C/c1ccccc1. The largest absolute Gasteiger partial charge is 0.455 e. The highest BCUT2D eigenvalue weighted by atomic mass is 16.5. The van der Waals surface area contributed by atoms with Gasteiger partial charge in [0.1, 0.15) is 5.76 Å². The van der Waals surface area contributed by atoms with Crippen LogP contribution < -0.4 is 0 Å². The van der Waals surface area contributed by atoms with Crippen molar-refractivity contribution in [3.05, 3.63) is 89.7 Å². The normalized spacial score (nSPS) is 15.6. The molecule has 1 unspecified atom stereocenters. The van der Waals surface area contributed by atoms with E-state index < -0.39 is 6.23 Å². The Morgan fingerprint density at radius 3 is 2.39 bits per heavy atom. The predicted octanol–water partition coefficient (Wildman–Crippen LogP) is 4.88. The number of nitrogens with zero attached hydrogens (tertiary/aromatic N) is 4. The van der Waals surface area contributed by atoms with Gasteiger partial charge in [-0.05, 0) is 30.7 Å². The fourth-order valence-electron chi connectivity index (χ4n) is 3.41. The van der Waals surface area contributed by atoms with Crippen molar-refractivity contribution in [2.45, 2.75) is 20.1 Å². The summed E-state index contributed by atoms with van der Waals surface area (Å²) in [5.74, 6) is 1.62. The van der Waals surface area contributed by atoms with Crippen LogP contribution in [0.2, 0.25) is 0 Å². The van der Waals surface area contributed by atoms with E-state index >= 15 is 0 Å². The van der Waals surface area contributed by atoms with Crippen molar-refractivity contribution in [1.82, 2.24) is 15.2 Å². The molecule has 0 fully saturated rings. The van der Waals surface area contributed by atoms with Crippen LogP contribution in [0.25, 0.3) is 29.2 Å². The standard InChI is InChI=1S/C25H20N4O4/c1-16-20(15-21(31-16)25-27-26-23(33-25)19-11-7-4-8-12-19)24-28-29(17(2)30)22(32-24)14-13-18-9-5-3-6-10-18/h3-15,22H,1-2H3/b14-13+. The van der Waals surface area contributed by atoms with Gasteiger partial charge in [-0.1, -0.05) is 54.6 Å². The van der Waals surface area contributed by atoms with E-state index in [-0.39, 0.29) is 17.7 Å². The predicted molar refractivity (Wildman–Crippen MR) is 122 cm³/mol. The zero-order valence-corrected chi connectivity index (χ0v) is 18.0. The summed E-state index contributed by atoms with van der Waals surface area (Å²) in [7, 11) is 0. The second-order valence-corrected chi connectivity index (χ2v) is 7.41. The summed E-state index contributed by atoms with van der Waals surface area (Å²) in [6.07, 6.45) is 3.01. The molecule has 1 aliphatic heterocycles. The highest BCUT2D eigenvalue weighted by molar-refractivity contribution is 5.98. The Morgan fingerprint density at radius 1 is 0.970 bits per heavy atom. The molecule has 1 amide bonds. The van der Waals surface area contributed by atoms with Crippen LogP contribution in [-0.4, -0.2) is 33.2 Å². The van der Waals surface area contributed by atoms with E-state index in [4.69, 9.17) is 13.6 Å². The summed E-state index contributed by atoms with van der Waals surface area (Å²) < 4.78 is 17.6. The highest BCUT2D eigenvalue weighted by Gasteiger charge is 2.32. The number of hydrogen-bond acceptors (Lipinski definition) is 7. The highest BCUT2D eigenvalue weighted by Crippen LogP contribution is 2.30. The zero-order valence-electron chi connectivity index (χ0n) is 18.0. The van der Waals surface area contributed by atoms with Crippen molar-refractivity contribution in [1.29, 1.82) is 0 Å². The minimum Gasteiger partial charge on any atom is -0.455 e. The Morgan fingerprint density at radius 2 is 1.67 bits per heavy atom. The van der Waals surface area contributed by atoms with Crippen molar-refractivity contribution in [2.75, 3.05) is 0 Å². The number of furan rings is 1. The number of ether oxygens (including phenoxy) is 1. The third kappa shape index (κ3) is 4.18. The molecule has 0 radical (unpaired) electrons. The van der Waals surface area contributed by atoms with E-state index in [0.717, 1.165) is 11.1 Å². The van der Waals surface area contributed by atoms with Crippen LogP contribution in [0.1, 0.15) is 23.8 Å². The number of benzene rings is 2. The van der Waals surface area contributed by atoms with Gasteiger partial charge >= 0.3 is 0 Å². The van der Waals surface area contributed by atoms with E-state index in [1.165, 1.54) is 11.9 Å². The fourth-order valence-corrected chi connectivity index (χ4v) is 3.41. The Bertz CT molecular complexity index is 1340. The lowest BCUT2D eigenvalue weighted by Crippen LogP contribution is -2.30. The molecule has 3 heterocycles. The fraction of sp³-hybridized carbons (Fsp3) is 0.120. The number of aryl methyl sites for hydroxylation is 1. The molecule has 0 saturated heterocycles. The minimum atomic E-state index is -0.663. The number of aromatic nitrogens is 2. The van der Waals surface area contributed by atoms with Gasteiger partial charge in [0.2, 0.25) is 23.9 Å². The molecule has 8 nitrogen and oxygen atoms in total. The summed E-state index contributed by atoms with van der Waals surface area (Å²) in [5, 5.41) is 13.9. The molecule has 5 rings (SSSR count). The first-order valence-corrected chi connectivity index (χ1v) is 10.4. The molecule has 164 valence electrons. The summed E-state index contributed by atoms with van der Waals surface area (Å²) in [5.41, 5.74) is 2.41. The van der Waals surface area contributed by atoms with Gasteiger partial charge in [-0.25, -0.2) is 0 Å². The van der Waals surface area contributed by atoms with Gasteiger partial charge in [0.15, 0.2) is 5.76 Å². The van der Waals surface area contributed by atoms with Gasteiger partial charge in [-0.3, -0.25) is 4.79 Å². The van der Waals surface area contributed by atoms with Crippen LogP contribution >= 0.6 is 0 Å². The number of rotatable bonds is 5. The molecule has 1 aliphatic rings. The van der Waals surface area contributed by atoms with E-state index in [2.05, 4.69) is 15.3 Å². The van der Waals surface area contributed by atoms with E-state index in [9.17, 15) is 4.79 Å². The van der Waals surface area contributed by atoms with Crippen LogP contribution in [0, 0.1) is 6.92 Å². The molecule has 0 spiro atoms. The van der Waals surface area contributed by atoms with Gasteiger partial charge in [0.05, 0.1) is 5.56 Å². The summed E-state index contributed by atoms with van der Waals surface area (Å²) >= 11 is 0. The van der Waals surface area contributed by atoms with Crippen molar-refractivity contribution < 1.29 is 18.4 Å². The third-order valence-electron chi connectivity index (χ3n) is 5.05. The monoisotopic (exact) mass is 440 g/mol. The number of hydrazone groups is 1. The first-order valence-electron chi connectivity index (χ1n) is 10.4. The van der Waals surface area contributed by atoms with Crippen molar-refractivity contribution in [2.24, 2.45) is 5.10 Å². The van der Waals surface area contributed by atoms with Crippen LogP contribution in [-0.2, 0) is 9.53 Å². The maximum absolute atomic E-state index is 12.1. The lowest BCUT2D eigenvalue weighted by atomic mass is 10.2. The summed E-state index contributed by atoms with van der Waals surface area (Å²) in [6, 6.07) is 21.0. The third-order valence-corrected chi connectivity index (χ3v) is 5.05. The van der Waals surface area contributed by atoms with Gasteiger partial charge < -0.3 is 13.6 Å². The van der Waals surface area contributed by atoms with Gasteiger partial charge in [0, 0.05) is 18.6 Å². The van der Waals surface area contributed by atoms with Crippen molar-refractivity contribution in [3.63, 3.8) is 0 Å². The van der Waals surface area contributed by atoms with Crippen LogP contribution in [0.15, 0.2) is 86.7 Å². The summed E-state index contributed by atoms with van der Waals surface area (Å²) in [4.78, 5) is 12.1. The maximum Gasteiger partial charge on any atom is 0.283 e. The molecular weight excluding hydrogens is 420 g/mol. The molecule has 0 saturated carbocycles.